The summed E-state index contributed by atoms with van der Waals surface area (Å²) in [5, 5.41) is 13.7. The number of rotatable bonds is 6. The lowest BCUT2D eigenvalue weighted by Gasteiger charge is -2.09. The molecule has 1 aromatic heterocycles. The fourth-order valence-corrected chi connectivity index (χ4v) is 2.54. The number of hydrogen-bond acceptors (Lipinski definition) is 5. The fraction of sp³-hybridized carbons (Fsp3) is 0.100. The molecule has 2 aromatic carbocycles. The maximum atomic E-state index is 12.4. The van der Waals surface area contributed by atoms with Gasteiger partial charge in [-0.15, -0.1) is 0 Å². The molecule has 0 unspecified atom stereocenters. The molecule has 0 radical (unpaired) electrons. The van der Waals surface area contributed by atoms with Gasteiger partial charge in [0, 0.05) is 23.3 Å². The van der Waals surface area contributed by atoms with Crippen molar-refractivity contribution in [2.45, 2.75) is 13.5 Å². The second kappa shape index (κ2) is 8.09. The highest BCUT2D eigenvalue weighted by Crippen LogP contribution is 2.22. The van der Waals surface area contributed by atoms with Gasteiger partial charge in [-0.1, -0.05) is 36.4 Å². The summed E-state index contributed by atoms with van der Waals surface area (Å²) in [6.07, 6.45) is 1.48. The monoisotopic (exact) mass is 363 g/mol. The van der Waals surface area contributed by atoms with E-state index in [0.717, 1.165) is 5.56 Å². The number of carbonyl (C=O) groups excluding carboxylic acids is 1. The Labute approximate surface area is 155 Å². The molecule has 0 saturated carbocycles. The Balaban J connectivity index is 1.65. The largest absolute Gasteiger partial charge is 0.473 e. The van der Waals surface area contributed by atoms with Crippen LogP contribution in [0.2, 0.25) is 0 Å². The van der Waals surface area contributed by atoms with Crippen molar-refractivity contribution in [3.8, 4) is 5.88 Å². The Kier molecular flexibility index (Phi) is 5.41. The molecule has 1 heterocycles. The zero-order valence-corrected chi connectivity index (χ0v) is 14.6. The van der Waals surface area contributed by atoms with Crippen molar-refractivity contribution >= 4 is 17.3 Å². The fourth-order valence-electron chi connectivity index (χ4n) is 2.54. The molecule has 136 valence electrons. The number of nitrogens with zero attached hydrogens (tertiary/aromatic N) is 2. The van der Waals surface area contributed by atoms with Crippen molar-refractivity contribution in [2.24, 2.45) is 0 Å². The molecule has 27 heavy (non-hydrogen) atoms. The quantitative estimate of drug-likeness (QED) is 0.525. The molecule has 7 heteroatoms. The molecular formula is C20H17N3O4. The lowest BCUT2D eigenvalue weighted by molar-refractivity contribution is -0.385. The summed E-state index contributed by atoms with van der Waals surface area (Å²) < 4.78 is 5.60. The van der Waals surface area contributed by atoms with Crippen LogP contribution in [-0.2, 0) is 6.61 Å². The molecule has 0 aliphatic heterocycles. The first kappa shape index (κ1) is 18.1. The van der Waals surface area contributed by atoms with Crippen LogP contribution in [0, 0.1) is 17.0 Å². The number of amides is 1. The average molecular weight is 363 g/mol. The minimum absolute atomic E-state index is 0.0922. The van der Waals surface area contributed by atoms with Crippen LogP contribution in [-0.4, -0.2) is 15.8 Å². The van der Waals surface area contributed by atoms with Crippen molar-refractivity contribution in [1.29, 1.82) is 0 Å². The predicted octanol–water partition coefficient (Wildman–Crippen LogP) is 4.13. The lowest BCUT2D eigenvalue weighted by Crippen LogP contribution is -2.14. The zero-order chi connectivity index (χ0) is 19.2. The molecule has 0 saturated heterocycles. The molecule has 0 aliphatic rings. The standard InChI is InChI=1S/C20H17N3O4/c1-14-17(8-5-9-18(14)23(25)26)20(24)22-16-10-11-19(21-12-16)27-13-15-6-3-2-4-7-15/h2-12H,13H2,1H3,(H,22,24). The van der Waals surface area contributed by atoms with Crippen molar-refractivity contribution in [1.82, 2.24) is 4.98 Å². The number of nitro benzene ring substituents is 1. The minimum Gasteiger partial charge on any atom is -0.473 e. The highest BCUT2D eigenvalue weighted by molar-refractivity contribution is 6.05. The van der Waals surface area contributed by atoms with E-state index in [1.165, 1.54) is 18.3 Å². The van der Waals surface area contributed by atoms with Gasteiger partial charge in [-0.2, -0.15) is 0 Å². The molecule has 0 spiro atoms. The Hall–Kier alpha value is -3.74. The first-order chi connectivity index (χ1) is 13.0. The van der Waals surface area contributed by atoms with Gasteiger partial charge in [0.2, 0.25) is 5.88 Å². The van der Waals surface area contributed by atoms with Crippen LogP contribution in [0.5, 0.6) is 5.88 Å². The number of aromatic nitrogens is 1. The van der Waals surface area contributed by atoms with E-state index < -0.39 is 10.8 Å². The summed E-state index contributed by atoms with van der Waals surface area (Å²) in [5.41, 5.74) is 1.96. The topological polar surface area (TPSA) is 94.4 Å². The van der Waals surface area contributed by atoms with E-state index in [4.69, 9.17) is 4.74 Å². The van der Waals surface area contributed by atoms with Gasteiger partial charge in [-0.3, -0.25) is 14.9 Å². The average Bonchev–Trinajstić information content (AvgIpc) is 2.68. The third-order valence-corrected chi connectivity index (χ3v) is 3.97. The Morgan fingerprint density at radius 3 is 2.56 bits per heavy atom. The summed E-state index contributed by atoms with van der Waals surface area (Å²) in [5.74, 6) is -0.000615. The molecule has 0 bridgehead atoms. The molecule has 0 atom stereocenters. The smallest absolute Gasteiger partial charge is 0.273 e. The second-order valence-electron chi connectivity index (χ2n) is 5.82. The van der Waals surface area contributed by atoms with Crippen LogP contribution < -0.4 is 10.1 Å². The van der Waals surface area contributed by atoms with Gasteiger partial charge >= 0.3 is 0 Å². The normalized spacial score (nSPS) is 10.3. The minimum atomic E-state index is -0.507. The van der Waals surface area contributed by atoms with E-state index in [0.29, 0.717) is 23.7 Å². The molecule has 3 aromatic rings. The van der Waals surface area contributed by atoms with Crippen molar-refractivity contribution in [2.75, 3.05) is 5.32 Å². The van der Waals surface area contributed by atoms with E-state index in [9.17, 15) is 14.9 Å². The zero-order valence-electron chi connectivity index (χ0n) is 14.6. The van der Waals surface area contributed by atoms with Gasteiger partial charge in [-0.25, -0.2) is 4.98 Å². The Bertz CT molecular complexity index is 957. The third kappa shape index (κ3) is 4.46. The first-order valence-electron chi connectivity index (χ1n) is 8.23. The van der Waals surface area contributed by atoms with Crippen LogP contribution in [0.1, 0.15) is 21.5 Å². The van der Waals surface area contributed by atoms with E-state index in [-0.39, 0.29) is 11.3 Å². The second-order valence-corrected chi connectivity index (χ2v) is 5.82. The summed E-state index contributed by atoms with van der Waals surface area (Å²) in [4.78, 5) is 27.1. The predicted molar refractivity (Wildman–Crippen MR) is 101 cm³/mol. The van der Waals surface area contributed by atoms with Gasteiger partial charge in [-0.05, 0) is 24.6 Å². The molecule has 3 rings (SSSR count). The summed E-state index contributed by atoms with van der Waals surface area (Å²) in [6, 6.07) is 17.4. The van der Waals surface area contributed by atoms with Crippen LogP contribution in [0.3, 0.4) is 0 Å². The van der Waals surface area contributed by atoms with Crippen LogP contribution in [0.15, 0.2) is 66.9 Å². The summed E-state index contributed by atoms with van der Waals surface area (Å²) in [7, 11) is 0. The van der Waals surface area contributed by atoms with Crippen LogP contribution >= 0.6 is 0 Å². The van der Waals surface area contributed by atoms with Gasteiger partial charge in [0.25, 0.3) is 11.6 Å². The number of nitrogens with one attached hydrogen (secondary N) is 1. The highest BCUT2D eigenvalue weighted by atomic mass is 16.6. The van der Waals surface area contributed by atoms with Crippen molar-refractivity contribution in [3.63, 3.8) is 0 Å². The molecule has 0 aliphatic carbocycles. The first-order valence-corrected chi connectivity index (χ1v) is 8.23. The molecule has 1 N–H and O–H groups in total. The molecule has 0 fully saturated rings. The lowest BCUT2D eigenvalue weighted by atomic mass is 10.1. The molecule has 1 amide bonds. The summed E-state index contributed by atoms with van der Waals surface area (Å²) >= 11 is 0. The maximum absolute atomic E-state index is 12.4. The molecule has 7 nitrogen and oxygen atoms in total. The SMILES string of the molecule is Cc1c(C(=O)Nc2ccc(OCc3ccccc3)nc2)cccc1[N+](=O)[O-]. The number of anilines is 1. The maximum Gasteiger partial charge on any atom is 0.273 e. The summed E-state index contributed by atoms with van der Waals surface area (Å²) in [6.45, 7) is 1.94. The number of pyridine rings is 1. The number of ether oxygens (including phenoxy) is 1. The van der Waals surface area contributed by atoms with E-state index in [1.807, 2.05) is 30.3 Å². The Morgan fingerprint density at radius 2 is 1.89 bits per heavy atom. The van der Waals surface area contributed by atoms with Crippen LogP contribution in [0.25, 0.3) is 0 Å². The van der Waals surface area contributed by atoms with E-state index in [2.05, 4.69) is 10.3 Å². The Morgan fingerprint density at radius 1 is 1.11 bits per heavy atom. The highest BCUT2D eigenvalue weighted by Gasteiger charge is 2.18. The van der Waals surface area contributed by atoms with E-state index in [1.54, 1.807) is 25.1 Å². The third-order valence-electron chi connectivity index (χ3n) is 3.97. The van der Waals surface area contributed by atoms with Crippen molar-refractivity contribution in [3.05, 3.63) is 93.7 Å². The number of nitro groups is 1. The number of carbonyl (C=O) groups is 1. The van der Waals surface area contributed by atoms with Crippen molar-refractivity contribution < 1.29 is 14.5 Å². The number of benzene rings is 2. The van der Waals surface area contributed by atoms with E-state index >= 15 is 0 Å². The van der Waals surface area contributed by atoms with Crippen LogP contribution in [0.4, 0.5) is 11.4 Å². The van der Waals surface area contributed by atoms with Gasteiger partial charge < -0.3 is 10.1 Å². The van der Waals surface area contributed by atoms with Gasteiger partial charge in [0.1, 0.15) is 6.61 Å². The molecular weight excluding hydrogens is 346 g/mol. The van der Waals surface area contributed by atoms with Gasteiger partial charge in [0.05, 0.1) is 16.8 Å². The number of hydrogen-bond donors (Lipinski definition) is 1. The van der Waals surface area contributed by atoms with Gasteiger partial charge in [0.15, 0.2) is 0 Å².